The molecule has 0 fully saturated rings. The zero-order valence-corrected chi connectivity index (χ0v) is 6.65. The van der Waals surface area contributed by atoms with E-state index in [2.05, 4.69) is 6.58 Å². The van der Waals surface area contributed by atoms with Crippen LogP contribution < -0.4 is 0 Å². The van der Waals surface area contributed by atoms with Gasteiger partial charge in [0.15, 0.2) is 12.6 Å². The Kier molecular flexibility index (Phi) is 22.4. The van der Waals surface area contributed by atoms with E-state index in [-0.39, 0.29) is 18.1 Å². The van der Waals surface area contributed by atoms with Crippen LogP contribution >= 0.6 is 0 Å². The lowest BCUT2D eigenvalue weighted by atomic mass is 10.4. The molecule has 0 aromatic rings. The van der Waals surface area contributed by atoms with Crippen molar-refractivity contribution in [2.45, 2.75) is 6.92 Å². The molecule has 0 spiro atoms. The molecule has 1 N–H and O–H groups in total. The Hall–Kier alpha value is -1.78. The summed E-state index contributed by atoms with van der Waals surface area (Å²) in [4.78, 5) is 35.2. The van der Waals surface area contributed by atoms with Gasteiger partial charge in [-0.05, 0) is 6.92 Å². The second-order valence-corrected chi connectivity index (χ2v) is 1.36. The molecular formula is C7H10O5. The molecule has 0 aliphatic rings. The molecule has 0 heterocycles. The first-order valence-corrected chi connectivity index (χ1v) is 2.62. The van der Waals surface area contributed by atoms with Gasteiger partial charge >= 0.3 is 5.97 Å². The minimum Gasteiger partial charge on any atom is -0.478 e. The van der Waals surface area contributed by atoms with Crippen molar-refractivity contribution in [1.82, 2.24) is 0 Å². The number of rotatable bonds is 2. The smallest absolute Gasteiger partial charge is 0.330 e. The second kappa shape index (κ2) is 16.1. The summed E-state index contributed by atoms with van der Waals surface area (Å²) in [5.41, 5.74) is 0.176. The fourth-order valence-electron chi connectivity index (χ4n) is 0. The maximum absolute atomic E-state index is 9.60. The highest BCUT2D eigenvalue weighted by Gasteiger charge is 1.90. The summed E-state index contributed by atoms with van der Waals surface area (Å²) in [6.07, 6.45) is 0.389. The Balaban J connectivity index is -0.000000118. The third-order valence-electron chi connectivity index (χ3n) is 0.421. The Morgan fingerprint density at radius 3 is 1.42 bits per heavy atom. The highest BCUT2D eigenvalue weighted by molar-refractivity contribution is 6.09. The van der Waals surface area contributed by atoms with Crippen LogP contribution in [0.25, 0.3) is 0 Å². The number of carboxylic acids is 1. The zero-order chi connectivity index (χ0) is 10.6. The van der Waals surface area contributed by atoms with E-state index in [1.54, 1.807) is 0 Å². The number of carboxylic acid groups (broad SMARTS) is 1. The maximum atomic E-state index is 9.60. The van der Waals surface area contributed by atoms with Crippen LogP contribution in [0.4, 0.5) is 0 Å². The molecule has 0 saturated heterocycles. The molecule has 0 aromatic carbocycles. The van der Waals surface area contributed by atoms with E-state index in [0.717, 1.165) is 0 Å². The molecule has 0 saturated carbocycles. The van der Waals surface area contributed by atoms with Crippen molar-refractivity contribution in [2.75, 3.05) is 0 Å². The number of hydrogen-bond donors (Lipinski definition) is 1. The molecule has 0 bridgehead atoms. The van der Waals surface area contributed by atoms with E-state index in [9.17, 15) is 4.79 Å². The number of aliphatic carboxylic acids is 1. The van der Waals surface area contributed by atoms with Crippen molar-refractivity contribution in [1.29, 1.82) is 0 Å². The van der Waals surface area contributed by atoms with Crippen LogP contribution in [0.15, 0.2) is 12.2 Å². The lowest BCUT2D eigenvalue weighted by molar-refractivity contribution is -0.132. The van der Waals surface area contributed by atoms with Crippen LogP contribution in [0, 0.1) is 0 Å². The average Bonchev–Trinajstić information content (AvgIpc) is 2.08. The van der Waals surface area contributed by atoms with Crippen LogP contribution in [-0.4, -0.2) is 30.4 Å². The molecular weight excluding hydrogens is 164 g/mol. The van der Waals surface area contributed by atoms with Gasteiger partial charge in [0.1, 0.15) is 6.79 Å². The van der Waals surface area contributed by atoms with E-state index in [4.69, 9.17) is 19.5 Å². The van der Waals surface area contributed by atoms with Gasteiger partial charge in [0.2, 0.25) is 0 Å². The Morgan fingerprint density at radius 1 is 1.25 bits per heavy atom. The lowest BCUT2D eigenvalue weighted by Gasteiger charge is -1.79. The van der Waals surface area contributed by atoms with Crippen molar-refractivity contribution in [3.05, 3.63) is 12.2 Å². The Bertz CT molecular complexity index is 143. The van der Waals surface area contributed by atoms with Crippen LogP contribution in [0.5, 0.6) is 0 Å². The van der Waals surface area contributed by atoms with Crippen molar-refractivity contribution in [3.63, 3.8) is 0 Å². The Labute approximate surface area is 69.7 Å². The third-order valence-corrected chi connectivity index (χ3v) is 0.421. The minimum atomic E-state index is -0.935. The van der Waals surface area contributed by atoms with E-state index < -0.39 is 5.97 Å². The molecule has 5 nitrogen and oxygen atoms in total. The summed E-state index contributed by atoms with van der Waals surface area (Å²) in [6.45, 7) is 6.60. The van der Waals surface area contributed by atoms with Crippen molar-refractivity contribution >= 4 is 25.3 Å². The molecule has 0 aliphatic heterocycles. The highest BCUT2D eigenvalue weighted by atomic mass is 16.4. The van der Waals surface area contributed by atoms with Crippen LogP contribution in [0.2, 0.25) is 0 Å². The molecule has 0 aliphatic carbocycles. The van der Waals surface area contributed by atoms with E-state index in [0.29, 0.717) is 0 Å². The molecule has 0 radical (unpaired) electrons. The van der Waals surface area contributed by atoms with Gasteiger partial charge in [-0.1, -0.05) is 6.58 Å². The SMILES string of the molecule is C=C(C)C(=O)O.C=O.O=CC=O. The summed E-state index contributed by atoms with van der Waals surface area (Å²) in [5, 5.41) is 7.89. The summed E-state index contributed by atoms with van der Waals surface area (Å²) < 4.78 is 0. The largest absolute Gasteiger partial charge is 0.478 e. The molecule has 12 heavy (non-hydrogen) atoms. The van der Waals surface area contributed by atoms with Crippen LogP contribution in [0.3, 0.4) is 0 Å². The van der Waals surface area contributed by atoms with Crippen molar-refractivity contribution in [2.24, 2.45) is 0 Å². The highest BCUT2D eigenvalue weighted by Crippen LogP contribution is 1.81. The average molecular weight is 174 g/mol. The Morgan fingerprint density at radius 2 is 1.42 bits per heavy atom. The van der Waals surface area contributed by atoms with E-state index in [1.807, 2.05) is 6.79 Å². The molecule has 0 amide bonds. The predicted molar refractivity (Wildman–Crippen MR) is 41.7 cm³/mol. The summed E-state index contributed by atoms with van der Waals surface area (Å²) >= 11 is 0. The topological polar surface area (TPSA) is 88.5 Å². The standard InChI is InChI=1S/C4H6O2.C2H2O2.CH2O/c1-3(2)4(5)6;3-1-2-4;1-2/h1H2,2H3,(H,5,6);1-2H;1H2. The van der Waals surface area contributed by atoms with Gasteiger partial charge in [-0.25, -0.2) is 4.79 Å². The number of carbonyl (C=O) groups excluding carboxylic acids is 3. The number of aldehydes is 2. The van der Waals surface area contributed by atoms with Crippen molar-refractivity contribution in [3.8, 4) is 0 Å². The molecule has 0 aromatic heterocycles. The minimum absolute atomic E-state index is 0.176. The number of carbonyl (C=O) groups is 4. The maximum Gasteiger partial charge on any atom is 0.330 e. The first-order valence-electron chi connectivity index (χ1n) is 2.62. The number of hydrogen-bond acceptors (Lipinski definition) is 4. The fourth-order valence-corrected chi connectivity index (χ4v) is 0. The van der Waals surface area contributed by atoms with Gasteiger partial charge in [0.25, 0.3) is 0 Å². The van der Waals surface area contributed by atoms with E-state index in [1.165, 1.54) is 6.92 Å². The van der Waals surface area contributed by atoms with Gasteiger partial charge in [-0.2, -0.15) is 0 Å². The summed E-state index contributed by atoms with van der Waals surface area (Å²) in [5.74, 6) is -0.935. The van der Waals surface area contributed by atoms with Crippen molar-refractivity contribution < 1.29 is 24.3 Å². The fraction of sp³-hybridized carbons (Fsp3) is 0.143. The predicted octanol–water partition coefficient (Wildman–Crippen LogP) is -0.154. The molecule has 0 atom stereocenters. The zero-order valence-electron chi connectivity index (χ0n) is 6.65. The van der Waals surface area contributed by atoms with E-state index >= 15 is 0 Å². The first-order chi connectivity index (χ1) is 5.56. The lowest BCUT2D eigenvalue weighted by Crippen LogP contribution is -1.92. The van der Waals surface area contributed by atoms with Gasteiger partial charge < -0.3 is 9.90 Å². The monoisotopic (exact) mass is 174 g/mol. The second-order valence-electron chi connectivity index (χ2n) is 1.36. The first kappa shape index (κ1) is 16.7. The molecule has 68 valence electrons. The van der Waals surface area contributed by atoms with Gasteiger partial charge in [-0.15, -0.1) is 0 Å². The summed E-state index contributed by atoms with van der Waals surface area (Å²) in [7, 11) is 0. The van der Waals surface area contributed by atoms with Crippen LogP contribution in [0.1, 0.15) is 6.92 Å². The molecule has 5 heteroatoms. The normalized spacial score (nSPS) is 5.75. The third kappa shape index (κ3) is 41.3. The summed E-state index contributed by atoms with van der Waals surface area (Å²) in [6, 6.07) is 0. The van der Waals surface area contributed by atoms with Gasteiger partial charge in [0.05, 0.1) is 0 Å². The van der Waals surface area contributed by atoms with Gasteiger partial charge in [-0.3, -0.25) is 9.59 Å². The van der Waals surface area contributed by atoms with Crippen LogP contribution in [-0.2, 0) is 19.2 Å². The molecule has 0 unspecified atom stereocenters. The van der Waals surface area contributed by atoms with Gasteiger partial charge in [0, 0.05) is 5.57 Å². The molecule has 0 rings (SSSR count). The quantitative estimate of drug-likeness (QED) is 0.357.